The molecule has 0 unspecified atom stereocenters. The van der Waals surface area contributed by atoms with Crippen LogP contribution >= 0.6 is 0 Å². The number of aromatic nitrogens is 1. The Morgan fingerprint density at radius 2 is 1.62 bits per heavy atom. The minimum atomic E-state index is -0.381. The lowest BCUT2D eigenvalue weighted by Gasteiger charge is -2.32. The van der Waals surface area contributed by atoms with Gasteiger partial charge in [-0.15, -0.1) is 0 Å². The molecule has 0 spiro atoms. The van der Waals surface area contributed by atoms with Gasteiger partial charge in [0.1, 0.15) is 5.75 Å². The van der Waals surface area contributed by atoms with Crippen LogP contribution in [0.1, 0.15) is 48.5 Å². The van der Waals surface area contributed by atoms with E-state index in [2.05, 4.69) is 71.4 Å². The number of hydrogen-bond donors (Lipinski definition) is 0. The predicted molar refractivity (Wildman–Crippen MR) is 99.2 cm³/mol. The zero-order valence-electron chi connectivity index (χ0n) is 16.1. The van der Waals surface area contributed by atoms with Crippen LogP contribution in [0.5, 0.6) is 5.75 Å². The summed E-state index contributed by atoms with van der Waals surface area (Å²) >= 11 is 0. The average Bonchev–Trinajstić information content (AvgIpc) is 2.93. The summed E-state index contributed by atoms with van der Waals surface area (Å²) in [6.07, 6.45) is 2.16. The second kappa shape index (κ2) is 5.27. The maximum atomic E-state index is 6.28. The van der Waals surface area contributed by atoms with Crippen molar-refractivity contribution in [2.24, 2.45) is 0 Å². The number of methoxy groups -OCH3 is 1. The van der Waals surface area contributed by atoms with Crippen molar-refractivity contribution < 1.29 is 14.0 Å². The number of rotatable bonds is 2. The Morgan fingerprint density at radius 1 is 1.04 bits per heavy atom. The Labute approximate surface area is 145 Å². The molecule has 0 saturated carbocycles. The first kappa shape index (κ1) is 17.4. The van der Waals surface area contributed by atoms with Crippen LogP contribution in [0.25, 0.3) is 10.9 Å². The first-order chi connectivity index (χ1) is 11.0. The Bertz CT molecular complexity index is 755. The molecule has 0 amide bonds. The van der Waals surface area contributed by atoms with Gasteiger partial charge in [0, 0.05) is 28.1 Å². The largest absolute Gasteiger partial charge is 0.497 e. The highest BCUT2D eigenvalue weighted by Gasteiger charge is 2.52. The van der Waals surface area contributed by atoms with Crippen molar-refractivity contribution in [3.63, 3.8) is 0 Å². The lowest BCUT2D eigenvalue weighted by molar-refractivity contribution is 0.00578. The van der Waals surface area contributed by atoms with E-state index in [1.807, 2.05) is 6.07 Å². The van der Waals surface area contributed by atoms with Gasteiger partial charge in [0.05, 0.1) is 18.3 Å². The van der Waals surface area contributed by atoms with Crippen molar-refractivity contribution in [2.45, 2.75) is 65.2 Å². The lowest BCUT2D eigenvalue weighted by Crippen LogP contribution is -2.41. The van der Waals surface area contributed by atoms with Gasteiger partial charge in [-0.25, -0.2) is 0 Å². The highest BCUT2D eigenvalue weighted by molar-refractivity contribution is 6.65. The van der Waals surface area contributed by atoms with Gasteiger partial charge in [0.15, 0.2) is 0 Å². The Morgan fingerprint density at radius 3 is 2.12 bits per heavy atom. The molecule has 0 radical (unpaired) electrons. The van der Waals surface area contributed by atoms with E-state index in [4.69, 9.17) is 14.0 Å². The quantitative estimate of drug-likeness (QED) is 0.788. The van der Waals surface area contributed by atoms with Crippen LogP contribution in [-0.2, 0) is 14.8 Å². The second-order valence-electron chi connectivity index (χ2n) is 8.60. The van der Waals surface area contributed by atoms with Crippen LogP contribution < -0.4 is 10.2 Å². The zero-order chi connectivity index (χ0) is 17.9. The first-order valence-corrected chi connectivity index (χ1v) is 8.51. The number of benzene rings is 1. The molecule has 0 N–H and O–H groups in total. The molecule has 4 nitrogen and oxygen atoms in total. The molecular weight excluding hydrogens is 301 g/mol. The predicted octanol–water partition coefficient (Wildman–Crippen LogP) is 3.70. The van der Waals surface area contributed by atoms with Crippen LogP contribution in [0.4, 0.5) is 0 Å². The van der Waals surface area contributed by atoms with Gasteiger partial charge in [-0.05, 0) is 66.7 Å². The van der Waals surface area contributed by atoms with E-state index in [9.17, 15) is 0 Å². The van der Waals surface area contributed by atoms with E-state index >= 15 is 0 Å². The Hall–Kier alpha value is -1.46. The third-order valence-electron chi connectivity index (χ3n) is 5.27. The second-order valence-corrected chi connectivity index (χ2v) is 8.60. The summed E-state index contributed by atoms with van der Waals surface area (Å²) in [5.74, 6) is 0.840. The van der Waals surface area contributed by atoms with Gasteiger partial charge in [0.2, 0.25) is 0 Å². The number of nitrogens with zero attached hydrogens (tertiary/aromatic N) is 1. The van der Waals surface area contributed by atoms with Crippen molar-refractivity contribution >= 4 is 23.5 Å². The molecule has 5 heteroatoms. The van der Waals surface area contributed by atoms with Gasteiger partial charge in [-0.2, -0.15) is 0 Å². The highest BCUT2D eigenvalue weighted by atomic mass is 16.7. The maximum Gasteiger partial charge on any atom is 0.497 e. The Kier molecular flexibility index (Phi) is 3.81. The van der Waals surface area contributed by atoms with Gasteiger partial charge >= 0.3 is 7.12 Å². The molecule has 24 heavy (non-hydrogen) atoms. The van der Waals surface area contributed by atoms with Crippen molar-refractivity contribution in [3.05, 3.63) is 24.4 Å². The number of ether oxygens (including phenoxy) is 1. The summed E-state index contributed by atoms with van der Waals surface area (Å²) in [7, 11) is 1.31. The molecule has 1 aliphatic heterocycles. The molecule has 1 saturated heterocycles. The number of hydrogen-bond acceptors (Lipinski definition) is 3. The third kappa shape index (κ3) is 2.64. The molecule has 1 aliphatic rings. The average molecular weight is 329 g/mol. The molecule has 1 fully saturated rings. The fourth-order valence-corrected chi connectivity index (χ4v) is 3.07. The Balaban J connectivity index is 2.18. The van der Waals surface area contributed by atoms with Crippen LogP contribution in [0.2, 0.25) is 0 Å². The monoisotopic (exact) mass is 329 g/mol. The molecular formula is C19H28BNO3. The standard InChI is InChI=1S/C19H28BNO3/c1-17(2,3)21-12-15(14-11-13(22-8)9-10-16(14)21)20-23-18(4,5)19(6,7)24-20/h9-12H,1-8H3. The van der Waals surface area contributed by atoms with Gasteiger partial charge in [0.25, 0.3) is 0 Å². The van der Waals surface area contributed by atoms with Crippen LogP contribution in [0.3, 0.4) is 0 Å². The van der Waals surface area contributed by atoms with E-state index in [0.29, 0.717) is 0 Å². The van der Waals surface area contributed by atoms with Crippen LogP contribution in [0, 0.1) is 0 Å². The van der Waals surface area contributed by atoms with E-state index < -0.39 is 0 Å². The van der Waals surface area contributed by atoms with E-state index in [1.165, 1.54) is 0 Å². The summed E-state index contributed by atoms with van der Waals surface area (Å²) in [5.41, 5.74) is 1.47. The van der Waals surface area contributed by atoms with E-state index in [0.717, 1.165) is 22.1 Å². The molecule has 0 atom stereocenters. The van der Waals surface area contributed by atoms with E-state index in [-0.39, 0.29) is 23.9 Å². The van der Waals surface area contributed by atoms with Crippen molar-refractivity contribution in [2.75, 3.05) is 7.11 Å². The highest BCUT2D eigenvalue weighted by Crippen LogP contribution is 2.38. The topological polar surface area (TPSA) is 32.6 Å². The van der Waals surface area contributed by atoms with E-state index in [1.54, 1.807) is 7.11 Å². The fourth-order valence-electron chi connectivity index (χ4n) is 3.07. The summed E-state index contributed by atoms with van der Waals surface area (Å²) in [5, 5.41) is 1.11. The number of fused-ring (bicyclic) bond motifs is 1. The SMILES string of the molecule is COc1ccc2c(c1)c(B1OC(C)(C)C(C)(C)O1)cn2C(C)(C)C. The fraction of sp³-hybridized carbons (Fsp3) is 0.579. The minimum Gasteiger partial charge on any atom is -0.497 e. The van der Waals surface area contributed by atoms with Crippen LogP contribution in [0.15, 0.2) is 24.4 Å². The lowest BCUT2D eigenvalue weighted by atomic mass is 9.79. The van der Waals surface area contributed by atoms with Gasteiger partial charge in [-0.3, -0.25) is 0 Å². The normalized spacial score (nSPS) is 19.9. The van der Waals surface area contributed by atoms with Gasteiger partial charge in [-0.1, -0.05) is 0 Å². The molecule has 3 rings (SSSR count). The molecule has 2 heterocycles. The van der Waals surface area contributed by atoms with Crippen LogP contribution in [-0.4, -0.2) is 30.0 Å². The summed E-state index contributed by atoms with van der Waals surface area (Å²) in [6.45, 7) is 14.9. The smallest absolute Gasteiger partial charge is 0.497 e. The molecule has 1 aromatic carbocycles. The van der Waals surface area contributed by atoms with Crippen molar-refractivity contribution in [1.82, 2.24) is 4.57 Å². The summed E-state index contributed by atoms with van der Waals surface area (Å²) in [4.78, 5) is 0. The molecule has 1 aromatic heterocycles. The molecule has 130 valence electrons. The van der Waals surface area contributed by atoms with Crippen molar-refractivity contribution in [3.8, 4) is 5.75 Å². The molecule has 2 aromatic rings. The van der Waals surface area contributed by atoms with Crippen molar-refractivity contribution in [1.29, 1.82) is 0 Å². The summed E-state index contributed by atoms with van der Waals surface area (Å²) in [6, 6.07) is 6.17. The molecule has 0 bridgehead atoms. The molecule has 0 aliphatic carbocycles. The van der Waals surface area contributed by atoms with Gasteiger partial charge < -0.3 is 18.6 Å². The minimum absolute atomic E-state index is 0.0330. The summed E-state index contributed by atoms with van der Waals surface area (Å²) < 4.78 is 20.3. The zero-order valence-corrected chi connectivity index (χ0v) is 16.1. The first-order valence-electron chi connectivity index (χ1n) is 8.51. The maximum absolute atomic E-state index is 6.28. The third-order valence-corrected chi connectivity index (χ3v) is 5.27.